The van der Waals surface area contributed by atoms with Crippen LogP contribution in [-0.4, -0.2) is 26.4 Å². The topological polar surface area (TPSA) is 115 Å². The Balaban J connectivity index is 2.37. The van der Waals surface area contributed by atoms with Gasteiger partial charge in [-0.3, -0.25) is 4.79 Å². The van der Waals surface area contributed by atoms with Crippen molar-refractivity contribution in [1.82, 2.24) is 4.72 Å². The van der Waals surface area contributed by atoms with Crippen LogP contribution in [0, 0.1) is 0 Å². The maximum atomic E-state index is 12.5. The number of rotatable bonds is 5. The molecule has 1 aliphatic carbocycles. The van der Waals surface area contributed by atoms with Gasteiger partial charge in [-0.2, -0.15) is 0 Å². The van der Waals surface area contributed by atoms with Gasteiger partial charge in [0.15, 0.2) is 0 Å². The number of hydrogen-bond donors (Lipinski definition) is 3. The predicted octanol–water partition coefficient (Wildman–Crippen LogP) is 1.10. The van der Waals surface area contributed by atoms with E-state index in [2.05, 4.69) is 20.7 Å². The van der Waals surface area contributed by atoms with Crippen LogP contribution >= 0.6 is 15.9 Å². The van der Waals surface area contributed by atoms with Crippen LogP contribution in [0.15, 0.2) is 27.6 Å². The van der Waals surface area contributed by atoms with Crippen molar-refractivity contribution in [3.63, 3.8) is 0 Å². The predicted molar refractivity (Wildman–Crippen MR) is 83.2 cm³/mol. The molecule has 21 heavy (non-hydrogen) atoms. The molecule has 0 heterocycles. The largest absolute Gasteiger partial charge is 0.366 e. The highest BCUT2D eigenvalue weighted by Gasteiger charge is 2.37. The van der Waals surface area contributed by atoms with Crippen LogP contribution in [0.5, 0.6) is 0 Å². The summed E-state index contributed by atoms with van der Waals surface area (Å²) in [6, 6.07) is 4.19. The first-order chi connectivity index (χ1) is 9.78. The van der Waals surface area contributed by atoms with Crippen LogP contribution < -0.4 is 16.2 Å². The van der Waals surface area contributed by atoms with Gasteiger partial charge in [0.1, 0.15) is 0 Å². The van der Waals surface area contributed by atoms with E-state index < -0.39 is 21.5 Å². The summed E-state index contributed by atoms with van der Waals surface area (Å²) in [4.78, 5) is 11.3. The first kappa shape index (κ1) is 16.4. The SMILES string of the molecule is NCC1(NS(=O)(=O)c2cc(Br)cc(C(N)=O)c2)CCCC1. The maximum Gasteiger partial charge on any atom is 0.248 e. The van der Waals surface area contributed by atoms with E-state index >= 15 is 0 Å². The van der Waals surface area contributed by atoms with Crippen molar-refractivity contribution >= 4 is 31.9 Å². The van der Waals surface area contributed by atoms with Crippen LogP contribution in [0.4, 0.5) is 0 Å². The highest BCUT2D eigenvalue weighted by Crippen LogP contribution is 2.31. The Kier molecular flexibility index (Phi) is 4.72. The summed E-state index contributed by atoms with van der Waals surface area (Å²) in [6.07, 6.45) is 3.34. The molecule has 0 unspecified atom stereocenters. The average molecular weight is 376 g/mol. The molecular formula is C13H18BrN3O3S. The standard InChI is InChI=1S/C13H18BrN3O3S/c14-10-5-9(12(16)18)6-11(7-10)21(19,20)17-13(8-15)3-1-2-4-13/h5-7,17H,1-4,8,15H2,(H2,16,18). The maximum absolute atomic E-state index is 12.5. The van der Waals surface area contributed by atoms with Crippen LogP contribution in [0.3, 0.4) is 0 Å². The number of primary amides is 1. The van der Waals surface area contributed by atoms with Crippen LogP contribution in [-0.2, 0) is 10.0 Å². The van der Waals surface area contributed by atoms with E-state index in [9.17, 15) is 13.2 Å². The summed E-state index contributed by atoms with van der Waals surface area (Å²) in [6.45, 7) is 0.253. The van der Waals surface area contributed by atoms with Gasteiger partial charge in [0.2, 0.25) is 15.9 Å². The Morgan fingerprint density at radius 3 is 2.43 bits per heavy atom. The van der Waals surface area contributed by atoms with Crippen LogP contribution in [0.2, 0.25) is 0 Å². The van der Waals surface area contributed by atoms with Crippen LogP contribution in [0.25, 0.3) is 0 Å². The smallest absolute Gasteiger partial charge is 0.248 e. The molecule has 6 nitrogen and oxygen atoms in total. The average Bonchev–Trinajstić information content (AvgIpc) is 2.86. The molecule has 116 valence electrons. The zero-order valence-corrected chi connectivity index (χ0v) is 13.8. The fourth-order valence-corrected chi connectivity index (χ4v) is 4.79. The normalized spacial score (nSPS) is 17.8. The van der Waals surface area contributed by atoms with E-state index in [1.807, 2.05) is 0 Å². The van der Waals surface area contributed by atoms with Crippen molar-refractivity contribution < 1.29 is 13.2 Å². The fraction of sp³-hybridized carbons (Fsp3) is 0.462. The third-order valence-corrected chi connectivity index (χ3v) is 5.78. The number of sulfonamides is 1. The van der Waals surface area contributed by atoms with Gasteiger partial charge in [0.25, 0.3) is 0 Å². The first-order valence-corrected chi connectivity index (χ1v) is 8.90. The number of hydrogen-bond acceptors (Lipinski definition) is 4. The van der Waals surface area contributed by atoms with Gasteiger partial charge in [0, 0.05) is 22.1 Å². The molecule has 0 aliphatic heterocycles. The summed E-state index contributed by atoms with van der Waals surface area (Å²) in [5.74, 6) is -0.679. The fourth-order valence-electron chi connectivity index (χ4n) is 2.60. The van der Waals surface area contributed by atoms with Crippen LogP contribution in [0.1, 0.15) is 36.0 Å². The molecule has 0 saturated heterocycles. The molecule has 1 amide bonds. The summed E-state index contributed by atoms with van der Waals surface area (Å²) < 4.78 is 28.3. The minimum atomic E-state index is -3.76. The molecule has 1 aliphatic rings. The minimum absolute atomic E-state index is 0.00500. The summed E-state index contributed by atoms with van der Waals surface area (Å²) in [5, 5.41) is 0. The van der Waals surface area contributed by atoms with Gasteiger partial charge in [0.05, 0.1) is 4.90 Å². The van der Waals surface area contributed by atoms with E-state index in [0.29, 0.717) is 4.47 Å². The Morgan fingerprint density at radius 1 is 1.29 bits per heavy atom. The number of amides is 1. The molecule has 1 aromatic carbocycles. The van der Waals surface area contributed by atoms with E-state index in [-0.39, 0.29) is 17.0 Å². The number of carbonyl (C=O) groups is 1. The summed E-state index contributed by atoms with van der Waals surface area (Å²) >= 11 is 3.19. The lowest BCUT2D eigenvalue weighted by atomic mass is 10.0. The van der Waals surface area contributed by atoms with Gasteiger partial charge in [-0.1, -0.05) is 28.8 Å². The van der Waals surface area contributed by atoms with Gasteiger partial charge in [-0.25, -0.2) is 13.1 Å². The van der Waals surface area contributed by atoms with Crippen molar-refractivity contribution in [2.45, 2.75) is 36.1 Å². The molecule has 0 bridgehead atoms. The molecule has 0 aromatic heterocycles. The zero-order valence-electron chi connectivity index (χ0n) is 11.4. The molecule has 1 aromatic rings. The van der Waals surface area contributed by atoms with Crippen molar-refractivity contribution in [3.05, 3.63) is 28.2 Å². The molecule has 0 radical (unpaired) electrons. The van der Waals surface area contributed by atoms with Crippen molar-refractivity contribution in [2.24, 2.45) is 11.5 Å². The number of halogens is 1. The number of carbonyl (C=O) groups excluding carboxylic acids is 1. The second-order valence-corrected chi connectivity index (χ2v) is 7.93. The lowest BCUT2D eigenvalue weighted by Crippen LogP contribution is -2.51. The molecule has 8 heteroatoms. The Hall–Kier alpha value is -0.960. The molecule has 2 rings (SSSR count). The monoisotopic (exact) mass is 375 g/mol. The van der Waals surface area contributed by atoms with Gasteiger partial charge in [-0.15, -0.1) is 0 Å². The Labute approximate surface area is 132 Å². The molecule has 5 N–H and O–H groups in total. The molecule has 0 spiro atoms. The third kappa shape index (κ3) is 3.63. The van der Waals surface area contributed by atoms with E-state index in [1.165, 1.54) is 18.2 Å². The number of nitrogens with one attached hydrogen (secondary N) is 1. The lowest BCUT2D eigenvalue weighted by molar-refractivity contribution is 0.1000. The minimum Gasteiger partial charge on any atom is -0.366 e. The molecule has 0 atom stereocenters. The van der Waals surface area contributed by atoms with Gasteiger partial charge < -0.3 is 11.5 Å². The highest BCUT2D eigenvalue weighted by molar-refractivity contribution is 9.10. The lowest BCUT2D eigenvalue weighted by Gasteiger charge is -2.28. The second-order valence-electron chi connectivity index (χ2n) is 5.34. The Morgan fingerprint density at radius 2 is 1.90 bits per heavy atom. The van der Waals surface area contributed by atoms with Crippen molar-refractivity contribution in [3.8, 4) is 0 Å². The summed E-state index contributed by atoms with van der Waals surface area (Å²) in [7, 11) is -3.76. The summed E-state index contributed by atoms with van der Waals surface area (Å²) in [5.41, 5.74) is 10.5. The first-order valence-electron chi connectivity index (χ1n) is 6.62. The van der Waals surface area contributed by atoms with E-state index in [0.717, 1.165) is 25.7 Å². The molecule has 1 saturated carbocycles. The van der Waals surface area contributed by atoms with E-state index in [1.54, 1.807) is 0 Å². The van der Waals surface area contributed by atoms with Gasteiger partial charge >= 0.3 is 0 Å². The number of nitrogens with two attached hydrogens (primary N) is 2. The molecule has 1 fully saturated rings. The van der Waals surface area contributed by atoms with Crippen molar-refractivity contribution in [1.29, 1.82) is 0 Å². The quantitative estimate of drug-likeness (QED) is 0.714. The van der Waals surface area contributed by atoms with Gasteiger partial charge in [-0.05, 0) is 31.0 Å². The van der Waals surface area contributed by atoms with E-state index in [4.69, 9.17) is 11.5 Å². The second kappa shape index (κ2) is 6.04. The highest BCUT2D eigenvalue weighted by atomic mass is 79.9. The van der Waals surface area contributed by atoms with Crippen molar-refractivity contribution in [2.75, 3.05) is 6.54 Å². The third-order valence-electron chi connectivity index (χ3n) is 3.77. The zero-order chi connectivity index (χ0) is 15.7. The Bertz CT molecular complexity index is 655. The number of benzene rings is 1. The molecular weight excluding hydrogens is 358 g/mol.